The highest BCUT2D eigenvalue weighted by Gasteiger charge is 2.42. The summed E-state index contributed by atoms with van der Waals surface area (Å²) in [4.78, 5) is 30.1. The van der Waals surface area contributed by atoms with Gasteiger partial charge in [-0.05, 0) is 71.8 Å². The summed E-state index contributed by atoms with van der Waals surface area (Å²) in [7, 11) is 2.30. The van der Waals surface area contributed by atoms with Gasteiger partial charge < -0.3 is 0 Å². The molecule has 14 rings (SSSR count). The van der Waals surface area contributed by atoms with Crippen molar-refractivity contribution in [3.8, 4) is 73.5 Å². The predicted molar refractivity (Wildman–Crippen MR) is 289 cm³/mol. The average molecular weight is 910 g/mol. The van der Waals surface area contributed by atoms with E-state index in [1.54, 1.807) is 0 Å². The lowest BCUT2D eigenvalue weighted by atomic mass is 9.98. The van der Waals surface area contributed by atoms with Crippen molar-refractivity contribution in [3.63, 3.8) is 0 Å². The Balaban J connectivity index is 0.815. The summed E-state index contributed by atoms with van der Waals surface area (Å²) in [6.45, 7) is 0. The number of fused-ring (bicyclic) bond motifs is 8. The van der Waals surface area contributed by atoms with Gasteiger partial charge in [0.15, 0.2) is 23.0 Å². The van der Waals surface area contributed by atoms with Crippen LogP contribution in [0.1, 0.15) is 0 Å². The maximum Gasteiger partial charge on any atom is 0.234 e. The normalized spacial score (nSPS) is 14.0. The summed E-state index contributed by atoms with van der Waals surface area (Å²) in [6, 6.07) is 76.7. The second-order valence-corrected chi connectivity index (χ2v) is 18.2. The fourth-order valence-corrected chi connectivity index (χ4v) is 10.7. The molecule has 0 N–H and O–H groups in total. The Hall–Kier alpha value is -9.50. The van der Waals surface area contributed by atoms with E-state index >= 15 is 0 Å². The van der Waals surface area contributed by atoms with Crippen molar-refractivity contribution in [1.29, 1.82) is 0 Å². The van der Waals surface area contributed by atoms with Gasteiger partial charge >= 0.3 is 0 Å². The summed E-state index contributed by atoms with van der Waals surface area (Å²) >= 11 is 0. The van der Waals surface area contributed by atoms with Crippen LogP contribution in [-0.4, -0.2) is 41.5 Å². The van der Waals surface area contributed by atoms with Crippen molar-refractivity contribution in [2.75, 3.05) is 7.05 Å². The van der Waals surface area contributed by atoms with Crippen LogP contribution in [0.5, 0.6) is 0 Å². The molecule has 0 radical (unpaired) electrons. The first-order chi connectivity index (χ1) is 35.1. The molecule has 0 saturated carbocycles. The van der Waals surface area contributed by atoms with Crippen LogP contribution in [0.25, 0.3) is 117 Å². The standard InChI is InChI=1S/C63H41N8/c1-71(46-32-28-42(29-33-46)61-66-53-24-12-8-22-49(53)59(68-61)40-16-4-2-5-17-40)57-27-15-11-21-48(57)52-37-44(31-35-58(52)71)43-30-34-56-51(36-43)47-20-10-14-26-55(47)70(56)63-64-38-45(39-65-63)62-67-54-25-13-9-23-50(54)60(69-62)41-18-6-3-7-19-41/h2-39H,1H3/q+1. The number of aromatic nitrogens is 7. The van der Waals surface area contributed by atoms with Crippen molar-refractivity contribution in [2.45, 2.75) is 0 Å². The van der Waals surface area contributed by atoms with Gasteiger partial charge in [0.2, 0.25) is 5.95 Å². The first-order valence-electron chi connectivity index (χ1n) is 23.8. The van der Waals surface area contributed by atoms with Gasteiger partial charge in [-0.15, -0.1) is 0 Å². The third-order valence-electron chi connectivity index (χ3n) is 14.2. The largest absolute Gasteiger partial charge is 0.278 e. The molecular weight excluding hydrogens is 869 g/mol. The van der Waals surface area contributed by atoms with Gasteiger partial charge in [0, 0.05) is 80.5 Å². The van der Waals surface area contributed by atoms with Crippen LogP contribution < -0.4 is 4.48 Å². The Bertz CT molecular complexity index is 4230. The number of hydrogen-bond acceptors (Lipinski definition) is 6. The van der Waals surface area contributed by atoms with Crippen molar-refractivity contribution in [2.24, 2.45) is 0 Å². The number of para-hydroxylation sites is 4. The zero-order valence-electron chi connectivity index (χ0n) is 38.5. The molecule has 1 unspecified atom stereocenters. The van der Waals surface area contributed by atoms with Gasteiger partial charge in [-0.1, -0.05) is 133 Å². The van der Waals surface area contributed by atoms with Crippen molar-refractivity contribution in [3.05, 3.63) is 231 Å². The van der Waals surface area contributed by atoms with Gasteiger partial charge in [-0.25, -0.2) is 34.4 Å². The van der Waals surface area contributed by atoms with E-state index in [0.717, 1.165) is 94.1 Å². The van der Waals surface area contributed by atoms with Gasteiger partial charge in [0.1, 0.15) is 5.69 Å². The molecule has 1 aliphatic heterocycles. The lowest BCUT2D eigenvalue weighted by molar-refractivity contribution is 0.643. The van der Waals surface area contributed by atoms with Crippen LogP contribution in [0.15, 0.2) is 231 Å². The van der Waals surface area contributed by atoms with Crippen molar-refractivity contribution in [1.82, 2.24) is 39.0 Å². The summed E-state index contributed by atoms with van der Waals surface area (Å²) in [5.41, 5.74) is 17.8. The Labute approximate surface area is 409 Å². The molecule has 0 saturated heterocycles. The molecule has 8 heteroatoms. The molecule has 1 aliphatic rings. The molecule has 0 bridgehead atoms. The highest BCUT2D eigenvalue weighted by atomic mass is 15.4. The summed E-state index contributed by atoms with van der Waals surface area (Å²) in [6.07, 6.45) is 3.67. The van der Waals surface area contributed by atoms with E-state index in [-0.39, 0.29) is 0 Å². The quantitative estimate of drug-likeness (QED) is 0.148. The van der Waals surface area contributed by atoms with Gasteiger partial charge in [-0.3, -0.25) is 4.57 Å². The number of quaternary nitrogens is 1. The zero-order valence-corrected chi connectivity index (χ0v) is 38.5. The molecule has 13 aromatic rings. The highest BCUT2D eigenvalue weighted by Crippen LogP contribution is 2.57. The van der Waals surface area contributed by atoms with E-state index in [0.29, 0.717) is 22.1 Å². The second kappa shape index (κ2) is 16.1. The van der Waals surface area contributed by atoms with E-state index in [2.05, 4.69) is 175 Å². The second-order valence-electron chi connectivity index (χ2n) is 18.2. The Morgan fingerprint density at radius 2 is 0.859 bits per heavy atom. The molecule has 8 nitrogen and oxygen atoms in total. The van der Waals surface area contributed by atoms with E-state index in [1.807, 2.05) is 67.0 Å². The third-order valence-corrected chi connectivity index (χ3v) is 14.2. The average Bonchev–Trinajstić information content (AvgIpc) is 3.91. The van der Waals surface area contributed by atoms with Gasteiger partial charge in [0.25, 0.3) is 0 Å². The summed E-state index contributed by atoms with van der Waals surface area (Å²) in [5.74, 6) is 1.87. The van der Waals surface area contributed by atoms with Crippen LogP contribution in [0.2, 0.25) is 0 Å². The molecule has 71 heavy (non-hydrogen) atoms. The summed E-state index contributed by atoms with van der Waals surface area (Å²) in [5, 5.41) is 4.30. The smallest absolute Gasteiger partial charge is 0.234 e. The van der Waals surface area contributed by atoms with Crippen LogP contribution in [0, 0.1) is 0 Å². The van der Waals surface area contributed by atoms with Crippen LogP contribution >= 0.6 is 0 Å². The first kappa shape index (κ1) is 40.6. The van der Waals surface area contributed by atoms with E-state index in [1.165, 1.54) is 22.5 Å². The highest BCUT2D eigenvalue weighted by molar-refractivity contribution is 6.10. The molecule has 0 aliphatic carbocycles. The Morgan fingerprint density at radius 1 is 0.352 bits per heavy atom. The van der Waals surface area contributed by atoms with Crippen molar-refractivity contribution >= 4 is 60.7 Å². The molecule has 1 atom stereocenters. The fourth-order valence-electron chi connectivity index (χ4n) is 10.7. The van der Waals surface area contributed by atoms with Gasteiger partial charge in [-0.2, -0.15) is 0 Å². The number of benzene rings is 9. The number of rotatable bonds is 7. The predicted octanol–water partition coefficient (Wildman–Crippen LogP) is 15.4. The molecule has 0 spiro atoms. The van der Waals surface area contributed by atoms with E-state index < -0.39 is 0 Å². The molecule has 0 fully saturated rings. The van der Waals surface area contributed by atoms with E-state index in [9.17, 15) is 0 Å². The third kappa shape index (κ3) is 6.50. The first-order valence-corrected chi connectivity index (χ1v) is 23.8. The Morgan fingerprint density at radius 3 is 1.54 bits per heavy atom. The number of nitrogens with zero attached hydrogens (tertiary/aromatic N) is 8. The van der Waals surface area contributed by atoms with Gasteiger partial charge in [0.05, 0.1) is 51.6 Å². The van der Waals surface area contributed by atoms with Crippen LogP contribution in [0.3, 0.4) is 0 Å². The van der Waals surface area contributed by atoms with E-state index in [4.69, 9.17) is 29.9 Å². The molecule has 332 valence electrons. The lowest BCUT2D eigenvalue weighted by Crippen LogP contribution is -2.31. The molecule has 4 aromatic heterocycles. The van der Waals surface area contributed by atoms with Crippen LogP contribution in [-0.2, 0) is 0 Å². The maximum absolute atomic E-state index is 5.15. The maximum atomic E-state index is 5.15. The minimum atomic E-state index is 0.534. The minimum Gasteiger partial charge on any atom is -0.278 e. The molecule has 0 amide bonds. The molecular formula is C63H41N8+. The topological polar surface area (TPSA) is 82.3 Å². The zero-order chi connectivity index (χ0) is 47.0. The monoisotopic (exact) mass is 909 g/mol. The summed E-state index contributed by atoms with van der Waals surface area (Å²) < 4.78 is 2.68. The lowest BCUT2D eigenvalue weighted by Gasteiger charge is -2.30. The van der Waals surface area contributed by atoms with Crippen molar-refractivity contribution < 1.29 is 0 Å². The van der Waals surface area contributed by atoms with Crippen LogP contribution in [0.4, 0.5) is 17.1 Å². The minimum absolute atomic E-state index is 0.534. The Kier molecular flexibility index (Phi) is 9.17. The fraction of sp³-hybridized carbons (Fsp3) is 0.0159. The molecule has 5 heterocycles. The molecule has 9 aromatic carbocycles. The SMILES string of the molecule is C[N+]1(c2ccc(-c3nc(-c4ccccc4)c4ccccc4n3)cc2)c2ccccc2-c2cc(-c3ccc4c(c3)c3ccccc3n4-c3ncc(-c4nc(-c5ccccc5)c5ccccc5n4)cn3)ccc21. The number of hydrogen-bond donors (Lipinski definition) is 0.